The zero-order valence-electron chi connectivity index (χ0n) is 13.3. The van der Waals surface area contributed by atoms with Crippen molar-refractivity contribution >= 4 is 28.6 Å². The molecule has 0 bridgehead atoms. The number of hydrogen-bond acceptors (Lipinski definition) is 4. The fraction of sp³-hybridized carbons (Fsp3) is 0.111. The van der Waals surface area contributed by atoms with Crippen molar-refractivity contribution in [1.29, 1.82) is 0 Å². The number of halogens is 2. The van der Waals surface area contributed by atoms with Gasteiger partial charge >= 0.3 is 0 Å². The first kappa shape index (κ1) is 17.0. The molecule has 0 radical (unpaired) electrons. The largest absolute Gasteiger partial charge is 0.376 e. The highest BCUT2D eigenvalue weighted by Gasteiger charge is 2.07. The zero-order chi connectivity index (χ0) is 17.8. The van der Waals surface area contributed by atoms with Gasteiger partial charge in [0, 0.05) is 28.4 Å². The van der Waals surface area contributed by atoms with Crippen LogP contribution in [-0.2, 0) is 4.79 Å². The highest BCUT2D eigenvalue weighted by Crippen LogP contribution is 2.24. The monoisotopic (exact) mass is 359 g/mol. The summed E-state index contributed by atoms with van der Waals surface area (Å²) in [4.78, 5) is 16.4. The minimum Gasteiger partial charge on any atom is -0.376 e. The van der Waals surface area contributed by atoms with Crippen molar-refractivity contribution in [2.75, 3.05) is 17.2 Å². The lowest BCUT2D eigenvalue weighted by Crippen LogP contribution is -2.21. The van der Waals surface area contributed by atoms with Gasteiger partial charge in [-0.2, -0.15) is 0 Å². The summed E-state index contributed by atoms with van der Waals surface area (Å²) < 4.78 is 26.2. The highest BCUT2D eigenvalue weighted by molar-refractivity contribution is 7.09. The van der Waals surface area contributed by atoms with E-state index in [4.69, 9.17) is 0 Å². The Hall–Kier alpha value is -2.80. The van der Waals surface area contributed by atoms with E-state index in [1.165, 1.54) is 0 Å². The second-order valence-electron chi connectivity index (χ2n) is 5.39. The van der Waals surface area contributed by atoms with E-state index in [1.807, 2.05) is 30.5 Å². The molecule has 2 N–H and O–H groups in total. The molecule has 1 aromatic heterocycles. The van der Waals surface area contributed by atoms with Gasteiger partial charge in [-0.3, -0.25) is 4.79 Å². The molecule has 0 saturated carbocycles. The first-order chi connectivity index (χ1) is 12.0. The first-order valence-corrected chi connectivity index (χ1v) is 8.40. The van der Waals surface area contributed by atoms with Crippen LogP contribution in [0.3, 0.4) is 0 Å². The maximum Gasteiger partial charge on any atom is 0.243 e. The first-order valence-electron chi connectivity index (χ1n) is 7.52. The molecule has 0 unspecified atom stereocenters. The highest BCUT2D eigenvalue weighted by atomic mass is 32.1. The van der Waals surface area contributed by atoms with Crippen molar-refractivity contribution in [3.8, 4) is 11.3 Å². The number of nitrogens with one attached hydrogen (secondary N) is 2. The number of nitrogens with zero attached hydrogens (tertiary/aromatic N) is 1. The van der Waals surface area contributed by atoms with Crippen molar-refractivity contribution < 1.29 is 13.6 Å². The summed E-state index contributed by atoms with van der Waals surface area (Å²) in [5, 5.41) is 8.36. The van der Waals surface area contributed by atoms with Gasteiger partial charge in [-0.05, 0) is 31.2 Å². The van der Waals surface area contributed by atoms with E-state index >= 15 is 0 Å². The van der Waals surface area contributed by atoms with Crippen LogP contribution in [0, 0.1) is 18.6 Å². The molecule has 0 fully saturated rings. The molecule has 7 heteroatoms. The Kier molecular flexibility index (Phi) is 5.04. The van der Waals surface area contributed by atoms with Crippen molar-refractivity contribution in [1.82, 2.24) is 4.98 Å². The Morgan fingerprint density at radius 1 is 1.12 bits per heavy atom. The fourth-order valence-electron chi connectivity index (χ4n) is 2.30. The second kappa shape index (κ2) is 7.40. The standard InChI is InChI=1S/C18H15F2N3OS/c1-11-22-17(10-25-11)12-3-2-4-15(5-12)23-18(24)9-21-16-7-13(19)6-14(20)8-16/h2-8,10,21H,9H2,1H3,(H,23,24). The number of rotatable bonds is 5. The predicted molar refractivity (Wildman–Crippen MR) is 95.8 cm³/mol. The summed E-state index contributed by atoms with van der Waals surface area (Å²) >= 11 is 1.56. The van der Waals surface area contributed by atoms with E-state index in [9.17, 15) is 13.6 Å². The molecular weight excluding hydrogens is 344 g/mol. The SMILES string of the molecule is Cc1nc(-c2cccc(NC(=O)CNc3cc(F)cc(F)c3)c2)cs1. The summed E-state index contributed by atoms with van der Waals surface area (Å²) in [6, 6.07) is 10.4. The normalized spacial score (nSPS) is 10.5. The van der Waals surface area contributed by atoms with Crippen LogP contribution in [0.4, 0.5) is 20.2 Å². The van der Waals surface area contributed by atoms with Gasteiger partial charge in [0.25, 0.3) is 0 Å². The molecule has 0 atom stereocenters. The molecule has 3 aromatic rings. The number of carbonyl (C=O) groups excluding carboxylic acids is 1. The second-order valence-corrected chi connectivity index (χ2v) is 6.45. The molecule has 25 heavy (non-hydrogen) atoms. The van der Waals surface area contributed by atoms with Crippen LogP contribution in [0.2, 0.25) is 0 Å². The number of thiazole rings is 1. The van der Waals surface area contributed by atoms with E-state index in [2.05, 4.69) is 15.6 Å². The lowest BCUT2D eigenvalue weighted by molar-refractivity contribution is -0.114. The minimum atomic E-state index is -0.700. The molecule has 1 amide bonds. The van der Waals surface area contributed by atoms with Crippen molar-refractivity contribution in [3.05, 3.63) is 64.5 Å². The molecule has 3 rings (SSSR count). The van der Waals surface area contributed by atoms with Crippen LogP contribution in [0.25, 0.3) is 11.3 Å². The summed E-state index contributed by atoms with van der Waals surface area (Å²) in [5.41, 5.74) is 2.59. The average molecular weight is 359 g/mol. The summed E-state index contributed by atoms with van der Waals surface area (Å²) in [6.45, 7) is 1.82. The van der Waals surface area contributed by atoms with Gasteiger partial charge in [0.05, 0.1) is 17.2 Å². The van der Waals surface area contributed by atoms with Crippen LogP contribution in [0.1, 0.15) is 5.01 Å². The van der Waals surface area contributed by atoms with Crippen LogP contribution in [0.5, 0.6) is 0 Å². The van der Waals surface area contributed by atoms with Crippen molar-refractivity contribution in [2.24, 2.45) is 0 Å². The molecule has 0 aliphatic heterocycles. The number of aryl methyl sites for hydroxylation is 1. The molecule has 0 spiro atoms. The van der Waals surface area contributed by atoms with E-state index in [1.54, 1.807) is 17.4 Å². The molecule has 0 aliphatic rings. The van der Waals surface area contributed by atoms with Crippen LogP contribution < -0.4 is 10.6 Å². The zero-order valence-corrected chi connectivity index (χ0v) is 14.2. The van der Waals surface area contributed by atoms with Crippen molar-refractivity contribution in [3.63, 3.8) is 0 Å². The molecule has 0 aliphatic carbocycles. The number of carbonyl (C=O) groups is 1. The number of aromatic nitrogens is 1. The van der Waals surface area contributed by atoms with Gasteiger partial charge in [-0.1, -0.05) is 12.1 Å². The topological polar surface area (TPSA) is 54.0 Å². The minimum absolute atomic E-state index is 0.108. The van der Waals surface area contributed by atoms with Crippen LogP contribution in [0.15, 0.2) is 47.8 Å². The number of benzene rings is 2. The summed E-state index contributed by atoms with van der Waals surface area (Å²) in [5.74, 6) is -1.72. The third-order valence-electron chi connectivity index (χ3n) is 3.38. The fourth-order valence-corrected chi connectivity index (χ4v) is 2.92. The van der Waals surface area contributed by atoms with Gasteiger partial charge in [0.1, 0.15) is 11.6 Å². The predicted octanol–water partition coefficient (Wildman–Crippen LogP) is 4.45. The van der Waals surface area contributed by atoms with Gasteiger partial charge in [0.15, 0.2) is 0 Å². The van der Waals surface area contributed by atoms with Gasteiger partial charge in [-0.15, -0.1) is 11.3 Å². The average Bonchev–Trinajstić information content (AvgIpc) is 2.99. The van der Waals surface area contributed by atoms with E-state index in [0.717, 1.165) is 34.5 Å². The maximum atomic E-state index is 13.1. The molecule has 4 nitrogen and oxygen atoms in total. The molecule has 128 valence electrons. The lowest BCUT2D eigenvalue weighted by Gasteiger charge is -2.09. The molecule has 1 heterocycles. The van der Waals surface area contributed by atoms with Crippen LogP contribution >= 0.6 is 11.3 Å². The quantitative estimate of drug-likeness (QED) is 0.708. The Balaban J connectivity index is 1.63. The van der Waals surface area contributed by atoms with E-state index in [0.29, 0.717) is 5.69 Å². The lowest BCUT2D eigenvalue weighted by atomic mass is 10.1. The third-order valence-corrected chi connectivity index (χ3v) is 4.15. The molecule has 2 aromatic carbocycles. The maximum absolute atomic E-state index is 13.1. The summed E-state index contributed by atoms with van der Waals surface area (Å²) in [6.07, 6.45) is 0. The number of amides is 1. The van der Waals surface area contributed by atoms with E-state index in [-0.39, 0.29) is 18.1 Å². The van der Waals surface area contributed by atoms with Gasteiger partial charge in [-0.25, -0.2) is 13.8 Å². The Labute approximate surface area is 147 Å². The third kappa shape index (κ3) is 4.60. The summed E-state index contributed by atoms with van der Waals surface area (Å²) in [7, 11) is 0. The number of hydrogen-bond donors (Lipinski definition) is 2. The van der Waals surface area contributed by atoms with Crippen molar-refractivity contribution in [2.45, 2.75) is 6.92 Å². The van der Waals surface area contributed by atoms with Crippen LogP contribution in [-0.4, -0.2) is 17.4 Å². The Morgan fingerprint density at radius 2 is 1.88 bits per heavy atom. The number of anilines is 2. The van der Waals surface area contributed by atoms with Gasteiger partial charge in [0.2, 0.25) is 5.91 Å². The Bertz CT molecular complexity index is 891. The van der Waals surface area contributed by atoms with Gasteiger partial charge < -0.3 is 10.6 Å². The van der Waals surface area contributed by atoms with E-state index < -0.39 is 11.6 Å². The smallest absolute Gasteiger partial charge is 0.243 e. The Morgan fingerprint density at radius 3 is 2.56 bits per heavy atom. The molecular formula is C18H15F2N3OS. The molecule has 0 saturated heterocycles.